The number of aromatic amines is 1. The quantitative estimate of drug-likeness (QED) is 0.358. The molecule has 0 aliphatic heterocycles. The van der Waals surface area contributed by atoms with Crippen molar-refractivity contribution in [2.45, 2.75) is 12.8 Å². The van der Waals surface area contributed by atoms with Gasteiger partial charge in [0.2, 0.25) is 5.88 Å². The van der Waals surface area contributed by atoms with Gasteiger partial charge in [-0.25, -0.2) is 14.4 Å². The van der Waals surface area contributed by atoms with Crippen molar-refractivity contribution in [1.82, 2.24) is 24.5 Å². The summed E-state index contributed by atoms with van der Waals surface area (Å²) in [5.41, 5.74) is 4.62. The van der Waals surface area contributed by atoms with Gasteiger partial charge in [0.15, 0.2) is 11.4 Å². The number of hydrogen-bond acceptors (Lipinski definition) is 5. The zero-order valence-electron chi connectivity index (χ0n) is 18.2. The van der Waals surface area contributed by atoms with Gasteiger partial charge in [0.25, 0.3) is 0 Å². The van der Waals surface area contributed by atoms with Gasteiger partial charge in [-0.2, -0.15) is 0 Å². The van der Waals surface area contributed by atoms with Crippen molar-refractivity contribution in [3.05, 3.63) is 89.4 Å². The van der Waals surface area contributed by atoms with E-state index in [2.05, 4.69) is 19.9 Å². The number of benzene rings is 2. The van der Waals surface area contributed by atoms with E-state index in [1.807, 2.05) is 18.2 Å². The maximum absolute atomic E-state index is 13.3. The molecule has 0 aliphatic rings. The van der Waals surface area contributed by atoms with Gasteiger partial charge < -0.3 is 19.8 Å². The van der Waals surface area contributed by atoms with Gasteiger partial charge in [0.05, 0.1) is 10.9 Å². The number of imidazole rings is 1. The highest BCUT2D eigenvalue weighted by molar-refractivity contribution is 6.09. The summed E-state index contributed by atoms with van der Waals surface area (Å²) in [5.74, 6) is 0.346. The average Bonchev–Trinajstić information content (AvgIpc) is 3.38. The van der Waals surface area contributed by atoms with Crippen molar-refractivity contribution in [2.24, 2.45) is 7.05 Å². The van der Waals surface area contributed by atoms with Gasteiger partial charge in [0, 0.05) is 42.8 Å². The number of nitrogens with zero attached hydrogens (tertiary/aromatic N) is 4. The topological polar surface area (TPSA) is 99.9 Å². The normalized spacial score (nSPS) is 11.7. The first kappa shape index (κ1) is 20.2. The van der Waals surface area contributed by atoms with Gasteiger partial charge in [-0.15, -0.1) is 0 Å². The van der Waals surface area contributed by atoms with Crippen LogP contribution in [0.4, 0.5) is 4.39 Å². The number of fused-ring (bicyclic) bond motifs is 3. The Morgan fingerprint density at radius 3 is 2.62 bits per heavy atom. The van der Waals surface area contributed by atoms with Gasteiger partial charge >= 0.3 is 0 Å². The van der Waals surface area contributed by atoms with Crippen LogP contribution in [0.1, 0.15) is 22.5 Å². The fraction of sp³-hybridized carbons (Fsp3) is 0.115. The molecular weight excluding hydrogens is 433 g/mol. The van der Waals surface area contributed by atoms with E-state index < -0.39 is 0 Å². The number of phenols is 1. The van der Waals surface area contributed by atoms with Crippen LogP contribution in [0.15, 0.2) is 61.1 Å². The first-order chi connectivity index (χ1) is 16.5. The summed E-state index contributed by atoms with van der Waals surface area (Å²) in [6, 6.07) is 12.1. The first-order valence-electron chi connectivity index (χ1n) is 10.8. The minimum absolute atomic E-state index is 0.0286. The molecule has 0 bridgehead atoms. The molecule has 168 valence electrons. The molecule has 8 heteroatoms. The Hall–Kier alpha value is -4.46. The second kappa shape index (κ2) is 7.55. The van der Waals surface area contributed by atoms with E-state index in [9.17, 15) is 14.6 Å². The fourth-order valence-corrected chi connectivity index (χ4v) is 4.54. The first-order valence-corrected chi connectivity index (χ1v) is 10.8. The molecule has 0 saturated carbocycles. The number of aromatic hydroxyl groups is 2. The summed E-state index contributed by atoms with van der Waals surface area (Å²) < 4.78 is 14.9. The maximum Gasteiger partial charge on any atom is 0.202 e. The largest absolute Gasteiger partial charge is 0.505 e. The number of phenolic OH excluding ortho intramolecular Hbond substituents is 1. The van der Waals surface area contributed by atoms with Crippen molar-refractivity contribution in [3.8, 4) is 11.6 Å². The van der Waals surface area contributed by atoms with E-state index in [-0.39, 0.29) is 17.4 Å². The number of aromatic nitrogens is 5. The van der Waals surface area contributed by atoms with Crippen LogP contribution in [0.5, 0.6) is 11.6 Å². The van der Waals surface area contributed by atoms with Gasteiger partial charge in [-0.3, -0.25) is 4.98 Å². The van der Waals surface area contributed by atoms with E-state index in [0.29, 0.717) is 35.2 Å². The van der Waals surface area contributed by atoms with Crippen LogP contribution in [0.3, 0.4) is 0 Å². The van der Waals surface area contributed by atoms with E-state index in [0.717, 1.165) is 33.0 Å². The Morgan fingerprint density at radius 2 is 1.82 bits per heavy atom. The number of H-pyrrole nitrogens is 1. The van der Waals surface area contributed by atoms with E-state index in [1.54, 1.807) is 42.3 Å². The zero-order valence-corrected chi connectivity index (χ0v) is 18.2. The molecule has 0 atom stereocenters. The number of rotatable bonds is 4. The van der Waals surface area contributed by atoms with E-state index >= 15 is 0 Å². The molecule has 4 heterocycles. The third kappa shape index (κ3) is 3.23. The highest BCUT2D eigenvalue weighted by Gasteiger charge is 2.21. The van der Waals surface area contributed by atoms with Crippen molar-refractivity contribution in [1.29, 1.82) is 0 Å². The van der Waals surface area contributed by atoms with Gasteiger partial charge in [-0.1, -0.05) is 12.1 Å². The molecule has 3 N–H and O–H groups in total. The standard InChI is InChI=1S/C26H20FN5O2/c1-32-13-19-17(11-21-30-20-3-2-8-28-25(20)31-21)18-10-15(9-14-4-6-16(27)7-5-14)12-29-23(18)24(33)22(19)26(32)34/h2-8,10,12-13,33-34H,9,11H2,1H3,(H,28,30,31). The molecule has 6 aromatic rings. The summed E-state index contributed by atoms with van der Waals surface area (Å²) >= 11 is 0. The van der Waals surface area contributed by atoms with Gasteiger partial charge in [0.1, 0.15) is 17.2 Å². The van der Waals surface area contributed by atoms with Crippen LogP contribution in [0.25, 0.3) is 32.8 Å². The monoisotopic (exact) mass is 453 g/mol. The molecule has 0 radical (unpaired) electrons. The van der Waals surface area contributed by atoms with Crippen molar-refractivity contribution in [2.75, 3.05) is 0 Å². The van der Waals surface area contributed by atoms with Crippen LogP contribution < -0.4 is 0 Å². The smallest absolute Gasteiger partial charge is 0.202 e. The second-order valence-corrected chi connectivity index (χ2v) is 8.46. The van der Waals surface area contributed by atoms with Crippen molar-refractivity contribution >= 4 is 32.8 Å². The highest BCUT2D eigenvalue weighted by Crippen LogP contribution is 2.42. The van der Waals surface area contributed by atoms with Crippen LogP contribution in [-0.4, -0.2) is 34.7 Å². The molecule has 4 aromatic heterocycles. The molecule has 2 aromatic carbocycles. The predicted molar refractivity (Wildman–Crippen MR) is 127 cm³/mol. The number of aryl methyl sites for hydroxylation is 1. The molecule has 0 unspecified atom stereocenters. The minimum Gasteiger partial charge on any atom is -0.505 e. The molecule has 34 heavy (non-hydrogen) atoms. The number of pyridine rings is 2. The summed E-state index contributed by atoms with van der Waals surface area (Å²) in [5, 5.41) is 23.5. The Labute approximate surface area is 193 Å². The van der Waals surface area contributed by atoms with Gasteiger partial charge in [-0.05, 0) is 53.4 Å². The highest BCUT2D eigenvalue weighted by atomic mass is 19.1. The molecule has 0 spiro atoms. The summed E-state index contributed by atoms with van der Waals surface area (Å²) in [6.07, 6.45) is 6.19. The third-order valence-electron chi connectivity index (χ3n) is 6.18. The molecular formula is C26H20FN5O2. The molecule has 0 aliphatic carbocycles. The number of hydrogen-bond donors (Lipinski definition) is 3. The summed E-state index contributed by atoms with van der Waals surface area (Å²) in [6.45, 7) is 0. The lowest BCUT2D eigenvalue weighted by Crippen LogP contribution is -1.97. The second-order valence-electron chi connectivity index (χ2n) is 8.46. The fourth-order valence-electron chi connectivity index (χ4n) is 4.54. The minimum atomic E-state index is -0.279. The summed E-state index contributed by atoms with van der Waals surface area (Å²) in [7, 11) is 1.72. The van der Waals surface area contributed by atoms with Crippen LogP contribution in [-0.2, 0) is 19.9 Å². The zero-order chi connectivity index (χ0) is 23.4. The summed E-state index contributed by atoms with van der Waals surface area (Å²) in [4.78, 5) is 16.8. The Kier molecular flexibility index (Phi) is 4.48. The Balaban J connectivity index is 1.55. The van der Waals surface area contributed by atoms with Crippen molar-refractivity contribution in [3.63, 3.8) is 0 Å². The van der Waals surface area contributed by atoms with Crippen LogP contribution in [0.2, 0.25) is 0 Å². The molecule has 6 rings (SSSR count). The molecule has 0 fully saturated rings. The molecule has 0 saturated heterocycles. The third-order valence-corrected chi connectivity index (χ3v) is 6.18. The van der Waals surface area contributed by atoms with Crippen LogP contribution >= 0.6 is 0 Å². The maximum atomic E-state index is 13.3. The van der Waals surface area contributed by atoms with E-state index in [4.69, 9.17) is 0 Å². The Morgan fingerprint density at radius 1 is 1.00 bits per heavy atom. The number of halogens is 1. The van der Waals surface area contributed by atoms with E-state index in [1.165, 1.54) is 12.1 Å². The van der Waals surface area contributed by atoms with Crippen LogP contribution in [0, 0.1) is 5.82 Å². The lowest BCUT2D eigenvalue weighted by molar-refractivity contribution is 0.432. The predicted octanol–water partition coefficient (Wildman–Crippen LogP) is 4.73. The lowest BCUT2D eigenvalue weighted by atomic mass is 9.96. The molecule has 7 nitrogen and oxygen atoms in total. The van der Waals surface area contributed by atoms with Crippen molar-refractivity contribution < 1.29 is 14.6 Å². The molecule has 0 amide bonds. The SMILES string of the molecule is Cn1cc2c(Cc3nc4ncccc4[nH]3)c3cc(Cc4ccc(F)cc4)cnc3c(O)c2c1O. The Bertz CT molecular complexity index is 1670. The average molecular weight is 453 g/mol. The number of nitrogens with one attached hydrogen (secondary N) is 1. The lowest BCUT2D eigenvalue weighted by Gasteiger charge is -2.12.